The summed E-state index contributed by atoms with van der Waals surface area (Å²) in [6.45, 7) is 7.00. The molecule has 1 aliphatic carbocycles. The zero-order valence-corrected chi connectivity index (χ0v) is 10.2. The zero-order valence-electron chi connectivity index (χ0n) is 10.2. The number of likely N-dealkylation sites (N-methyl/N-ethyl adjacent to an activating group) is 1. The lowest BCUT2D eigenvalue weighted by Crippen LogP contribution is -2.44. The van der Waals surface area contributed by atoms with Crippen molar-refractivity contribution in [3.63, 3.8) is 0 Å². The molecule has 84 valence electrons. The zero-order chi connectivity index (χ0) is 10.6. The molecular weight excluding hydrogens is 172 g/mol. The molecule has 0 aromatic carbocycles. The molecule has 1 N–H and O–H groups in total. The number of rotatable bonds is 6. The van der Waals surface area contributed by atoms with E-state index in [2.05, 4.69) is 38.2 Å². The van der Waals surface area contributed by atoms with Crippen molar-refractivity contribution in [2.45, 2.75) is 39.2 Å². The lowest BCUT2D eigenvalue weighted by molar-refractivity contribution is 0.242. The van der Waals surface area contributed by atoms with Crippen LogP contribution in [0.5, 0.6) is 0 Å². The van der Waals surface area contributed by atoms with Crippen LogP contribution in [0, 0.1) is 11.8 Å². The van der Waals surface area contributed by atoms with Crippen molar-refractivity contribution in [3.05, 3.63) is 0 Å². The van der Waals surface area contributed by atoms with Crippen molar-refractivity contribution < 1.29 is 0 Å². The summed E-state index contributed by atoms with van der Waals surface area (Å²) in [5, 5.41) is 3.71. The van der Waals surface area contributed by atoms with Crippen LogP contribution in [0.4, 0.5) is 0 Å². The molecule has 0 radical (unpaired) electrons. The van der Waals surface area contributed by atoms with Crippen LogP contribution in [-0.4, -0.2) is 38.1 Å². The molecule has 1 atom stereocenters. The SMILES string of the molecule is CC(C)C(CN(C)C)NCC1CCC1. The second kappa shape index (κ2) is 5.72. The molecular formula is C12H26N2. The number of hydrogen-bond donors (Lipinski definition) is 1. The average molecular weight is 198 g/mol. The van der Waals surface area contributed by atoms with E-state index in [9.17, 15) is 0 Å². The Balaban J connectivity index is 2.19. The third kappa shape index (κ3) is 3.97. The largest absolute Gasteiger partial charge is 0.312 e. The first kappa shape index (κ1) is 12.0. The quantitative estimate of drug-likeness (QED) is 0.702. The Bertz CT molecular complexity index is 150. The summed E-state index contributed by atoms with van der Waals surface area (Å²) < 4.78 is 0. The van der Waals surface area contributed by atoms with Gasteiger partial charge in [-0.3, -0.25) is 0 Å². The van der Waals surface area contributed by atoms with Crippen molar-refractivity contribution in [2.24, 2.45) is 11.8 Å². The Hall–Kier alpha value is -0.0800. The smallest absolute Gasteiger partial charge is 0.0217 e. The van der Waals surface area contributed by atoms with Crippen LogP contribution in [0.25, 0.3) is 0 Å². The number of nitrogens with zero attached hydrogens (tertiary/aromatic N) is 1. The topological polar surface area (TPSA) is 15.3 Å². The van der Waals surface area contributed by atoms with E-state index in [1.165, 1.54) is 25.8 Å². The van der Waals surface area contributed by atoms with Crippen LogP contribution in [0.3, 0.4) is 0 Å². The van der Waals surface area contributed by atoms with E-state index < -0.39 is 0 Å². The molecule has 1 fully saturated rings. The fourth-order valence-electron chi connectivity index (χ4n) is 1.92. The Morgan fingerprint density at radius 1 is 1.29 bits per heavy atom. The van der Waals surface area contributed by atoms with Crippen LogP contribution >= 0.6 is 0 Å². The third-order valence-electron chi connectivity index (χ3n) is 3.26. The van der Waals surface area contributed by atoms with Crippen LogP contribution in [0.1, 0.15) is 33.1 Å². The maximum Gasteiger partial charge on any atom is 0.0217 e. The second-order valence-electron chi connectivity index (χ2n) is 5.32. The lowest BCUT2D eigenvalue weighted by atomic mass is 9.85. The average Bonchev–Trinajstić information content (AvgIpc) is 1.98. The molecule has 0 aliphatic heterocycles. The molecule has 0 spiro atoms. The Labute approximate surface area is 89.1 Å². The minimum Gasteiger partial charge on any atom is -0.312 e. The fraction of sp³-hybridized carbons (Fsp3) is 1.00. The van der Waals surface area contributed by atoms with Crippen molar-refractivity contribution in [1.29, 1.82) is 0 Å². The minimum atomic E-state index is 0.658. The molecule has 0 saturated heterocycles. The maximum atomic E-state index is 3.71. The highest BCUT2D eigenvalue weighted by Crippen LogP contribution is 2.25. The summed E-state index contributed by atoms with van der Waals surface area (Å²) in [4.78, 5) is 2.28. The van der Waals surface area contributed by atoms with E-state index in [1.54, 1.807) is 0 Å². The highest BCUT2D eigenvalue weighted by atomic mass is 15.1. The highest BCUT2D eigenvalue weighted by molar-refractivity contribution is 4.78. The molecule has 2 heteroatoms. The van der Waals surface area contributed by atoms with E-state index in [0.717, 1.165) is 18.4 Å². The predicted octanol–water partition coefficient (Wildman–Crippen LogP) is 1.96. The molecule has 1 saturated carbocycles. The van der Waals surface area contributed by atoms with Crippen LogP contribution in [0.2, 0.25) is 0 Å². The standard InChI is InChI=1S/C12H26N2/c1-10(2)12(9-14(3)4)13-8-11-6-5-7-11/h10-13H,5-9H2,1-4H3. The van der Waals surface area contributed by atoms with Crippen LogP contribution in [0.15, 0.2) is 0 Å². The first-order valence-corrected chi connectivity index (χ1v) is 5.97. The number of hydrogen-bond acceptors (Lipinski definition) is 2. The molecule has 2 nitrogen and oxygen atoms in total. The summed E-state index contributed by atoms with van der Waals surface area (Å²) in [6.07, 6.45) is 4.34. The molecule has 0 amide bonds. The van der Waals surface area contributed by atoms with Gasteiger partial charge in [0.1, 0.15) is 0 Å². The lowest BCUT2D eigenvalue weighted by Gasteiger charge is -2.31. The van der Waals surface area contributed by atoms with Crippen molar-refractivity contribution >= 4 is 0 Å². The van der Waals surface area contributed by atoms with Crippen LogP contribution in [-0.2, 0) is 0 Å². The molecule has 14 heavy (non-hydrogen) atoms. The summed E-state index contributed by atoms with van der Waals surface area (Å²) in [6, 6.07) is 0.658. The molecule has 0 aromatic rings. The van der Waals surface area contributed by atoms with Crippen molar-refractivity contribution in [3.8, 4) is 0 Å². The van der Waals surface area contributed by atoms with Gasteiger partial charge in [0.05, 0.1) is 0 Å². The summed E-state index contributed by atoms with van der Waals surface area (Å²) in [5.41, 5.74) is 0. The van der Waals surface area contributed by atoms with Gasteiger partial charge in [0, 0.05) is 12.6 Å². The fourth-order valence-corrected chi connectivity index (χ4v) is 1.92. The Morgan fingerprint density at radius 3 is 2.29 bits per heavy atom. The second-order valence-corrected chi connectivity index (χ2v) is 5.32. The first-order valence-electron chi connectivity index (χ1n) is 5.97. The monoisotopic (exact) mass is 198 g/mol. The van der Waals surface area contributed by atoms with E-state index in [0.29, 0.717) is 6.04 Å². The molecule has 0 aromatic heterocycles. The van der Waals surface area contributed by atoms with Gasteiger partial charge < -0.3 is 10.2 Å². The van der Waals surface area contributed by atoms with E-state index in [4.69, 9.17) is 0 Å². The number of nitrogens with one attached hydrogen (secondary N) is 1. The summed E-state index contributed by atoms with van der Waals surface area (Å²) >= 11 is 0. The van der Waals surface area contributed by atoms with Gasteiger partial charge >= 0.3 is 0 Å². The van der Waals surface area contributed by atoms with Gasteiger partial charge in [-0.25, -0.2) is 0 Å². The van der Waals surface area contributed by atoms with Gasteiger partial charge in [0.2, 0.25) is 0 Å². The van der Waals surface area contributed by atoms with E-state index in [-0.39, 0.29) is 0 Å². The Morgan fingerprint density at radius 2 is 1.93 bits per heavy atom. The van der Waals surface area contributed by atoms with Gasteiger partial charge in [0.15, 0.2) is 0 Å². The molecule has 0 bridgehead atoms. The van der Waals surface area contributed by atoms with Gasteiger partial charge in [-0.2, -0.15) is 0 Å². The van der Waals surface area contributed by atoms with Crippen molar-refractivity contribution in [1.82, 2.24) is 10.2 Å². The van der Waals surface area contributed by atoms with Crippen molar-refractivity contribution in [2.75, 3.05) is 27.2 Å². The van der Waals surface area contributed by atoms with Gasteiger partial charge in [0.25, 0.3) is 0 Å². The van der Waals surface area contributed by atoms with Gasteiger partial charge in [-0.05, 0) is 45.3 Å². The normalized spacial score (nSPS) is 20.1. The van der Waals surface area contributed by atoms with E-state index in [1.807, 2.05) is 0 Å². The maximum absolute atomic E-state index is 3.71. The molecule has 0 heterocycles. The van der Waals surface area contributed by atoms with Crippen LogP contribution < -0.4 is 5.32 Å². The first-order chi connectivity index (χ1) is 6.59. The highest BCUT2D eigenvalue weighted by Gasteiger charge is 2.20. The van der Waals surface area contributed by atoms with E-state index >= 15 is 0 Å². The Kier molecular flexibility index (Phi) is 4.90. The van der Waals surface area contributed by atoms with Gasteiger partial charge in [-0.1, -0.05) is 20.3 Å². The predicted molar refractivity (Wildman–Crippen MR) is 62.5 cm³/mol. The van der Waals surface area contributed by atoms with Gasteiger partial charge in [-0.15, -0.1) is 0 Å². The third-order valence-corrected chi connectivity index (χ3v) is 3.26. The molecule has 1 aliphatic rings. The molecule has 1 unspecified atom stereocenters. The summed E-state index contributed by atoms with van der Waals surface area (Å²) in [7, 11) is 4.31. The minimum absolute atomic E-state index is 0.658. The summed E-state index contributed by atoms with van der Waals surface area (Å²) in [5.74, 6) is 1.70. The molecule has 1 rings (SSSR count).